The van der Waals surface area contributed by atoms with Crippen molar-refractivity contribution in [3.05, 3.63) is 58.7 Å². The number of nitrogens with zero attached hydrogens (tertiary/aromatic N) is 1. The van der Waals surface area contributed by atoms with Crippen LogP contribution in [0.4, 0.5) is 5.82 Å². The molecule has 0 bridgehead atoms. The van der Waals surface area contributed by atoms with E-state index in [4.69, 9.17) is 12.2 Å². The normalized spacial score (nSPS) is 20.2. The number of halogens is 1. The van der Waals surface area contributed by atoms with Crippen molar-refractivity contribution in [1.29, 1.82) is 0 Å². The lowest BCUT2D eigenvalue weighted by molar-refractivity contribution is 0.876. The second-order valence-corrected chi connectivity index (χ2v) is 6.14. The van der Waals surface area contributed by atoms with Crippen LogP contribution < -0.4 is 10.6 Å². The molecule has 1 heterocycles. The first-order chi connectivity index (χ1) is 9.72. The summed E-state index contributed by atoms with van der Waals surface area (Å²) in [5.74, 6) is 1.32. The lowest BCUT2D eigenvalue weighted by atomic mass is 10.1. The van der Waals surface area contributed by atoms with Gasteiger partial charge in [-0.25, -0.2) is 4.98 Å². The molecular formula is C15H14BrN3S. The molecule has 102 valence electrons. The summed E-state index contributed by atoms with van der Waals surface area (Å²) in [5, 5.41) is 7.06. The van der Waals surface area contributed by atoms with Crippen molar-refractivity contribution in [1.82, 2.24) is 10.3 Å². The molecule has 1 aromatic carbocycles. The Labute approximate surface area is 131 Å². The highest BCUT2D eigenvalue weighted by molar-refractivity contribution is 9.10. The van der Waals surface area contributed by atoms with Gasteiger partial charge in [-0.1, -0.05) is 30.3 Å². The highest BCUT2D eigenvalue weighted by Crippen LogP contribution is 2.40. The second-order valence-electron chi connectivity index (χ2n) is 4.82. The van der Waals surface area contributed by atoms with Crippen LogP contribution in [0, 0.1) is 0 Å². The van der Waals surface area contributed by atoms with E-state index in [0.717, 1.165) is 16.7 Å². The second kappa shape index (κ2) is 5.89. The first-order valence-corrected chi connectivity index (χ1v) is 7.66. The van der Waals surface area contributed by atoms with Crippen molar-refractivity contribution < 1.29 is 0 Å². The van der Waals surface area contributed by atoms with Gasteiger partial charge >= 0.3 is 0 Å². The fraction of sp³-hybridized carbons (Fsp3) is 0.200. The molecule has 1 aromatic heterocycles. The monoisotopic (exact) mass is 347 g/mol. The van der Waals surface area contributed by atoms with Gasteiger partial charge in [-0.15, -0.1) is 0 Å². The van der Waals surface area contributed by atoms with Gasteiger partial charge in [0.15, 0.2) is 5.11 Å². The maximum Gasteiger partial charge on any atom is 0.172 e. The van der Waals surface area contributed by atoms with E-state index in [1.807, 2.05) is 18.2 Å². The van der Waals surface area contributed by atoms with Gasteiger partial charge < -0.3 is 10.6 Å². The number of aromatic nitrogens is 1. The third-order valence-electron chi connectivity index (χ3n) is 3.30. The van der Waals surface area contributed by atoms with Crippen LogP contribution in [0.1, 0.15) is 17.9 Å². The van der Waals surface area contributed by atoms with Crippen molar-refractivity contribution >= 4 is 39.1 Å². The Bertz CT molecular complexity index is 600. The number of rotatable bonds is 3. The van der Waals surface area contributed by atoms with Gasteiger partial charge in [0.2, 0.25) is 0 Å². The Morgan fingerprint density at radius 2 is 2.00 bits per heavy atom. The number of anilines is 1. The average Bonchev–Trinajstić information content (AvgIpc) is 3.21. The van der Waals surface area contributed by atoms with E-state index in [9.17, 15) is 0 Å². The van der Waals surface area contributed by atoms with Gasteiger partial charge in [0.25, 0.3) is 0 Å². The summed E-state index contributed by atoms with van der Waals surface area (Å²) in [6.45, 7) is 0. The molecule has 0 unspecified atom stereocenters. The predicted molar refractivity (Wildman–Crippen MR) is 88.9 cm³/mol. The van der Waals surface area contributed by atoms with E-state index in [-0.39, 0.29) is 0 Å². The van der Waals surface area contributed by atoms with Crippen LogP contribution in [0.15, 0.2) is 53.1 Å². The zero-order chi connectivity index (χ0) is 13.9. The number of pyridine rings is 1. The Morgan fingerprint density at radius 1 is 1.20 bits per heavy atom. The molecule has 1 aliphatic carbocycles. The minimum Gasteiger partial charge on any atom is -0.359 e. The van der Waals surface area contributed by atoms with E-state index >= 15 is 0 Å². The fourth-order valence-electron chi connectivity index (χ4n) is 2.19. The smallest absolute Gasteiger partial charge is 0.172 e. The van der Waals surface area contributed by atoms with Crippen molar-refractivity contribution in [3.63, 3.8) is 0 Å². The summed E-state index contributed by atoms with van der Waals surface area (Å²) in [6, 6.07) is 14.8. The SMILES string of the molecule is S=C(Nc1ccc(Br)cn1)N[C@@H]1C[C@@H]1c1ccccc1. The molecule has 0 spiro atoms. The zero-order valence-electron chi connectivity index (χ0n) is 10.7. The molecular weight excluding hydrogens is 334 g/mol. The molecule has 0 amide bonds. The summed E-state index contributed by atoms with van der Waals surface area (Å²) in [7, 11) is 0. The molecule has 2 atom stereocenters. The lowest BCUT2D eigenvalue weighted by Crippen LogP contribution is -2.31. The molecule has 5 heteroatoms. The molecule has 1 saturated carbocycles. The van der Waals surface area contributed by atoms with Gasteiger partial charge in [-0.3, -0.25) is 0 Å². The first kappa shape index (κ1) is 13.5. The predicted octanol–water partition coefficient (Wildman–Crippen LogP) is 3.69. The highest BCUT2D eigenvalue weighted by atomic mass is 79.9. The topological polar surface area (TPSA) is 37.0 Å². The quantitative estimate of drug-likeness (QED) is 0.830. The molecule has 0 aliphatic heterocycles. The minimum atomic E-state index is 0.424. The molecule has 20 heavy (non-hydrogen) atoms. The van der Waals surface area contributed by atoms with Crippen LogP contribution in [-0.4, -0.2) is 16.1 Å². The Balaban J connectivity index is 1.52. The van der Waals surface area contributed by atoms with Gasteiger partial charge in [0.1, 0.15) is 5.82 Å². The number of hydrogen-bond acceptors (Lipinski definition) is 2. The fourth-order valence-corrected chi connectivity index (χ4v) is 2.68. The summed E-state index contributed by atoms with van der Waals surface area (Å²) >= 11 is 8.67. The molecule has 1 fully saturated rings. The summed E-state index contributed by atoms with van der Waals surface area (Å²) < 4.78 is 0.952. The maximum atomic E-state index is 5.31. The molecule has 2 N–H and O–H groups in total. The van der Waals surface area contributed by atoms with Gasteiger partial charge in [-0.05, 0) is 52.3 Å². The number of thiocarbonyl (C=S) groups is 1. The summed E-state index contributed by atoms with van der Waals surface area (Å²) in [4.78, 5) is 4.24. The van der Waals surface area contributed by atoms with Crippen LogP contribution in [0.5, 0.6) is 0 Å². The van der Waals surface area contributed by atoms with Crippen molar-refractivity contribution in [2.45, 2.75) is 18.4 Å². The Kier molecular flexibility index (Phi) is 3.98. The van der Waals surface area contributed by atoms with Crippen LogP contribution >= 0.6 is 28.1 Å². The summed E-state index contributed by atoms with van der Waals surface area (Å²) in [6.07, 6.45) is 2.87. The zero-order valence-corrected chi connectivity index (χ0v) is 13.1. The van der Waals surface area contributed by atoms with Gasteiger partial charge in [-0.2, -0.15) is 0 Å². The van der Waals surface area contributed by atoms with Crippen LogP contribution in [0.3, 0.4) is 0 Å². The van der Waals surface area contributed by atoms with Gasteiger partial charge in [0, 0.05) is 22.6 Å². The van der Waals surface area contributed by atoms with Crippen molar-refractivity contribution in [2.24, 2.45) is 0 Å². The highest BCUT2D eigenvalue weighted by Gasteiger charge is 2.38. The molecule has 3 nitrogen and oxygen atoms in total. The number of benzene rings is 1. The summed E-state index contributed by atoms with van der Waals surface area (Å²) in [5.41, 5.74) is 1.37. The van der Waals surface area contributed by atoms with Crippen LogP contribution in [0.25, 0.3) is 0 Å². The molecule has 0 saturated heterocycles. The number of hydrogen-bond donors (Lipinski definition) is 2. The van der Waals surface area contributed by atoms with E-state index in [0.29, 0.717) is 17.1 Å². The minimum absolute atomic E-state index is 0.424. The van der Waals surface area contributed by atoms with Crippen molar-refractivity contribution in [2.75, 3.05) is 5.32 Å². The van der Waals surface area contributed by atoms with E-state index in [1.54, 1.807) is 6.20 Å². The largest absolute Gasteiger partial charge is 0.359 e. The molecule has 1 aliphatic rings. The van der Waals surface area contributed by atoms with E-state index < -0.39 is 0 Å². The van der Waals surface area contributed by atoms with Crippen molar-refractivity contribution in [3.8, 4) is 0 Å². The van der Waals surface area contributed by atoms with E-state index in [2.05, 4.69) is 55.8 Å². The van der Waals surface area contributed by atoms with E-state index in [1.165, 1.54) is 5.56 Å². The third kappa shape index (κ3) is 3.35. The van der Waals surface area contributed by atoms with Crippen LogP contribution in [0.2, 0.25) is 0 Å². The van der Waals surface area contributed by atoms with Gasteiger partial charge in [0.05, 0.1) is 0 Å². The maximum absolute atomic E-state index is 5.31. The standard InChI is InChI=1S/C15H14BrN3S/c16-11-6-7-14(17-9-11)19-15(20)18-13-8-12(13)10-4-2-1-3-5-10/h1-7,9,12-13H,8H2,(H2,17,18,19,20)/t12-,13-/m1/s1. The molecule has 2 aromatic rings. The Hall–Kier alpha value is -1.46. The first-order valence-electron chi connectivity index (χ1n) is 6.46. The molecule has 0 radical (unpaired) electrons. The third-order valence-corrected chi connectivity index (χ3v) is 3.99. The number of nitrogens with one attached hydrogen (secondary N) is 2. The lowest BCUT2D eigenvalue weighted by Gasteiger charge is -2.09. The Morgan fingerprint density at radius 3 is 2.70 bits per heavy atom. The molecule has 3 rings (SSSR count). The average molecular weight is 348 g/mol. The van der Waals surface area contributed by atoms with Crippen LogP contribution in [-0.2, 0) is 0 Å².